The van der Waals surface area contributed by atoms with Gasteiger partial charge in [-0.2, -0.15) is 0 Å². The third kappa shape index (κ3) is 41.5. The summed E-state index contributed by atoms with van der Waals surface area (Å²) in [5.41, 5.74) is 95.2. The maximum Gasteiger partial charge on any atom is 0.321 e. The summed E-state index contributed by atoms with van der Waals surface area (Å²) in [6.45, 7) is 0.381. The Labute approximate surface area is 537 Å². The van der Waals surface area contributed by atoms with E-state index < -0.39 is 119 Å². The number of hydrogen-bond acceptors (Lipinski definition) is 20. The molecule has 0 aromatic rings. The standard InChI is InChI=1S/C52H101N27O10S2/c53-32(26-90-91-27-33(54)45(88)89)37(80)23-29(9-2-16-71-47(58)59)42(85)78-35(13-6-20-75-51(66)67)39(82)25-31(11-4-18-73-49(62)63)44(87)79-36(14-7-21-76-52(68)69)40(83)24-30(10-3-17-72-48(60)61)43(86)77-34(12-5-19-74-50(64)65)38(81)22-28(41(55)84)8-1-15-70-46(56)57/h28-36H,1-27,53-54H2,(H2,55,84)(H,77,86)(H,78,85)(H,79,87)(H,88,89)(H4,56,57,70)(H4,58,59,71)(H4,60,61,72)(H4,62,63,73)(H4,64,65,74)(H4,66,67,75)(H4,68,69,76)/t28-,29-,30-,31-,32?,33+,34?,35?,36?/m1/s1. The monoisotopic (exact) mass is 1330 g/mol. The average Bonchev–Trinajstić information content (AvgIpc) is 1.88. The Bertz CT molecular complexity index is 2530. The van der Waals surface area contributed by atoms with Crippen LogP contribution >= 0.6 is 21.6 Å². The minimum absolute atomic E-state index is 0.00488. The molecule has 0 aliphatic carbocycles. The van der Waals surface area contributed by atoms with Crippen molar-refractivity contribution >= 4 is 116 Å². The lowest BCUT2D eigenvalue weighted by molar-refractivity contribution is -0.138. The van der Waals surface area contributed by atoms with Crippen LogP contribution < -0.4 is 113 Å². The van der Waals surface area contributed by atoms with Crippen LogP contribution in [-0.4, -0.2) is 187 Å². The van der Waals surface area contributed by atoms with Crippen LogP contribution in [0.5, 0.6) is 0 Å². The van der Waals surface area contributed by atoms with E-state index in [0.717, 1.165) is 21.6 Å². The van der Waals surface area contributed by atoms with E-state index in [4.69, 9.17) is 103 Å². The summed E-state index contributed by atoms with van der Waals surface area (Å²) in [5.74, 6) is -12.5. The Morgan fingerprint density at radius 2 is 0.538 bits per heavy atom. The summed E-state index contributed by atoms with van der Waals surface area (Å²) in [6.07, 6.45) is -0.576. The fraction of sp³-hybridized carbons (Fsp3) is 0.692. The molecule has 91 heavy (non-hydrogen) atoms. The number of primary amides is 1. The van der Waals surface area contributed by atoms with Crippen LogP contribution in [0.3, 0.4) is 0 Å². The largest absolute Gasteiger partial charge is 0.480 e. The minimum atomic E-state index is -1.35. The fourth-order valence-corrected chi connectivity index (χ4v) is 11.1. The number of amides is 4. The fourth-order valence-electron chi connectivity index (χ4n) is 8.78. The van der Waals surface area contributed by atoms with Crippen molar-refractivity contribution in [1.82, 2.24) is 16.0 Å². The number of aliphatic imine (C=N–C) groups is 7. The molecule has 0 heterocycles. The average molecular weight is 1330 g/mol. The molecular formula is C52H101N27O10S2. The second-order valence-corrected chi connectivity index (χ2v) is 23.9. The molecule has 37 nitrogen and oxygen atoms in total. The number of carboxylic acids is 1. The number of nitrogens with two attached hydrogens (primary N) is 17. The number of Topliss-reactive ketones (excluding diaryl/α,β-unsaturated/α-hetero) is 4. The Morgan fingerprint density at radius 1 is 0.319 bits per heavy atom. The van der Waals surface area contributed by atoms with Crippen LogP contribution in [0, 0.1) is 23.7 Å². The zero-order valence-corrected chi connectivity index (χ0v) is 53.3. The van der Waals surface area contributed by atoms with Crippen molar-refractivity contribution in [3.63, 3.8) is 0 Å². The van der Waals surface area contributed by atoms with Crippen LogP contribution in [0.1, 0.15) is 116 Å². The molecule has 4 amide bonds. The van der Waals surface area contributed by atoms with Gasteiger partial charge >= 0.3 is 5.97 Å². The number of rotatable bonds is 53. The first-order valence-corrected chi connectivity index (χ1v) is 32.0. The third-order valence-electron chi connectivity index (χ3n) is 13.6. The first-order valence-electron chi connectivity index (χ1n) is 29.5. The molecule has 0 bridgehead atoms. The Hall–Kier alpha value is -8.46. The molecule has 0 radical (unpaired) electrons. The minimum Gasteiger partial charge on any atom is -0.480 e. The first kappa shape index (κ1) is 82.5. The van der Waals surface area contributed by atoms with Crippen molar-refractivity contribution in [3.8, 4) is 0 Å². The number of carbonyl (C=O) groups is 9. The van der Waals surface area contributed by atoms with Gasteiger partial charge in [-0.25, -0.2) is 0 Å². The van der Waals surface area contributed by atoms with Gasteiger partial charge in [-0.15, -0.1) is 0 Å². The van der Waals surface area contributed by atoms with Gasteiger partial charge in [-0.1, -0.05) is 21.6 Å². The smallest absolute Gasteiger partial charge is 0.321 e. The summed E-state index contributed by atoms with van der Waals surface area (Å²) in [4.78, 5) is 152. The SMILES string of the molecule is NC(=O)[C@H](CCCN=C(N)N)CC(=O)C(CCCN=C(N)N)NC(=O)[C@H](CCCN=C(N)N)CC(=O)C(CCCN=C(N)N)NC(=O)[C@H](CCCN=C(N)N)CC(=O)C(CCCN=C(N)N)NC(=O)[C@H](CCCN=C(N)N)CC(=O)C(N)CSSC[C@H](N)C(=O)O. The van der Waals surface area contributed by atoms with E-state index in [2.05, 4.69) is 50.9 Å². The molecule has 4 unspecified atom stereocenters. The lowest BCUT2D eigenvalue weighted by atomic mass is 9.88. The Morgan fingerprint density at radius 3 is 0.780 bits per heavy atom. The predicted molar refractivity (Wildman–Crippen MR) is 355 cm³/mol. The highest BCUT2D eigenvalue weighted by atomic mass is 33.1. The summed E-state index contributed by atoms with van der Waals surface area (Å²) in [5, 5.41) is 17.4. The van der Waals surface area contributed by atoms with E-state index in [-0.39, 0.29) is 195 Å². The van der Waals surface area contributed by atoms with Gasteiger partial charge in [-0.3, -0.25) is 78.1 Å². The molecule has 0 saturated carbocycles. The topological polar surface area (TPSA) is 739 Å². The Kier molecular flexibility index (Phi) is 43.1. The van der Waals surface area contributed by atoms with Crippen LogP contribution in [0.2, 0.25) is 0 Å². The number of aliphatic carboxylic acids is 1. The number of carboxylic acid groups (broad SMARTS) is 1. The van der Waals surface area contributed by atoms with Gasteiger partial charge in [0.25, 0.3) is 0 Å². The summed E-state index contributed by atoms with van der Waals surface area (Å²) < 4.78 is 0. The molecule has 0 rings (SSSR count). The Balaban J connectivity index is 7.47. The van der Waals surface area contributed by atoms with Crippen molar-refractivity contribution in [1.29, 1.82) is 0 Å². The second kappa shape index (κ2) is 47.5. The highest BCUT2D eigenvalue weighted by molar-refractivity contribution is 8.76. The van der Waals surface area contributed by atoms with Gasteiger partial charge in [0.05, 0.1) is 24.2 Å². The molecule has 0 aromatic heterocycles. The molecule has 9 atom stereocenters. The van der Waals surface area contributed by atoms with Crippen LogP contribution in [0.25, 0.3) is 0 Å². The maximum atomic E-state index is 14.8. The van der Waals surface area contributed by atoms with Gasteiger partial charge < -0.3 is 119 Å². The summed E-state index contributed by atoms with van der Waals surface area (Å²) in [7, 11) is 2.24. The molecule has 0 aromatic carbocycles. The molecular weight excluding hydrogens is 1230 g/mol. The second-order valence-electron chi connectivity index (χ2n) is 21.3. The van der Waals surface area contributed by atoms with Crippen molar-refractivity contribution in [2.24, 2.45) is 156 Å². The lowest BCUT2D eigenvalue weighted by Crippen LogP contribution is -2.48. The number of guanidine groups is 7. The van der Waals surface area contributed by atoms with E-state index in [1.54, 1.807) is 0 Å². The van der Waals surface area contributed by atoms with Crippen LogP contribution in [0.4, 0.5) is 0 Å². The van der Waals surface area contributed by atoms with Crippen molar-refractivity contribution in [3.05, 3.63) is 0 Å². The highest BCUT2D eigenvalue weighted by Gasteiger charge is 2.35. The van der Waals surface area contributed by atoms with E-state index in [1.807, 2.05) is 0 Å². The van der Waals surface area contributed by atoms with E-state index >= 15 is 0 Å². The van der Waals surface area contributed by atoms with Gasteiger partial charge in [0.1, 0.15) is 6.04 Å². The molecule has 0 fully saturated rings. The number of hydrogen-bond donors (Lipinski definition) is 21. The van der Waals surface area contributed by atoms with Crippen molar-refractivity contribution in [2.45, 2.75) is 146 Å². The first-order chi connectivity index (χ1) is 42.8. The molecule has 38 N–H and O–H groups in total. The number of nitrogens with one attached hydrogen (secondary N) is 3. The summed E-state index contributed by atoms with van der Waals surface area (Å²) >= 11 is 0. The third-order valence-corrected chi connectivity index (χ3v) is 16.1. The normalized spacial score (nSPS) is 13.8. The van der Waals surface area contributed by atoms with Gasteiger partial charge in [-0.05, 0) is 89.9 Å². The number of nitrogens with zero attached hydrogens (tertiary/aromatic N) is 7. The van der Waals surface area contributed by atoms with Gasteiger partial charge in [0.15, 0.2) is 64.8 Å². The number of ketones is 4. The molecule has 0 saturated heterocycles. The predicted octanol–water partition coefficient (Wildman–Crippen LogP) is -7.28. The lowest BCUT2D eigenvalue weighted by Gasteiger charge is -2.26. The van der Waals surface area contributed by atoms with E-state index in [0.29, 0.717) is 6.42 Å². The van der Waals surface area contributed by atoms with Gasteiger partial charge in [0.2, 0.25) is 23.6 Å². The molecule has 0 spiro atoms. The highest BCUT2D eigenvalue weighted by Crippen LogP contribution is 2.25. The van der Waals surface area contributed by atoms with E-state index in [9.17, 15) is 43.2 Å². The molecule has 516 valence electrons. The van der Waals surface area contributed by atoms with Crippen molar-refractivity contribution in [2.75, 3.05) is 57.3 Å². The maximum absolute atomic E-state index is 14.8. The zero-order valence-electron chi connectivity index (χ0n) is 51.7. The van der Waals surface area contributed by atoms with Gasteiger partial charge in [0, 0.05) is 107 Å². The molecule has 0 aliphatic heterocycles. The van der Waals surface area contributed by atoms with Crippen LogP contribution in [-0.2, 0) is 43.2 Å². The van der Waals surface area contributed by atoms with Crippen LogP contribution in [0.15, 0.2) is 34.9 Å². The van der Waals surface area contributed by atoms with Crippen molar-refractivity contribution < 1.29 is 48.3 Å². The zero-order chi connectivity index (χ0) is 69.0. The van der Waals surface area contributed by atoms with E-state index in [1.165, 1.54) is 0 Å². The molecule has 0 aliphatic rings. The number of carbonyl (C=O) groups excluding carboxylic acids is 8. The summed E-state index contributed by atoms with van der Waals surface area (Å²) in [6, 6.07) is -6.12. The molecule has 39 heteroatoms. The quantitative estimate of drug-likeness (QED) is 0.0116.